The van der Waals surface area contributed by atoms with E-state index >= 15 is 0 Å². The van der Waals surface area contributed by atoms with Crippen LogP contribution in [-0.4, -0.2) is 22.0 Å². The van der Waals surface area contributed by atoms with Crippen LogP contribution in [0.15, 0.2) is 66.7 Å². The van der Waals surface area contributed by atoms with Gasteiger partial charge >= 0.3 is 0 Å². The van der Waals surface area contributed by atoms with E-state index in [2.05, 4.69) is 31.2 Å². The summed E-state index contributed by atoms with van der Waals surface area (Å²) in [6, 6.07) is 21.7. The molecule has 1 aliphatic rings. The molecule has 1 N–H and O–H groups in total. The third-order valence-corrected chi connectivity index (χ3v) is 5.52. The Morgan fingerprint density at radius 2 is 1.69 bits per heavy atom. The van der Waals surface area contributed by atoms with Crippen molar-refractivity contribution in [1.29, 1.82) is 0 Å². The summed E-state index contributed by atoms with van der Waals surface area (Å²) < 4.78 is 0. The molecule has 1 aliphatic heterocycles. The lowest BCUT2D eigenvalue weighted by Crippen LogP contribution is -2.36. The molecular formula is C23H23NO2. The molecule has 132 valence electrons. The van der Waals surface area contributed by atoms with Crippen molar-refractivity contribution in [2.24, 2.45) is 0 Å². The van der Waals surface area contributed by atoms with Crippen LogP contribution in [0.3, 0.4) is 0 Å². The number of carbonyl (C=O) groups excluding carboxylic acids is 1. The lowest BCUT2D eigenvalue weighted by Gasteiger charge is -2.34. The van der Waals surface area contributed by atoms with Gasteiger partial charge in [0.2, 0.25) is 0 Å². The predicted octanol–water partition coefficient (Wildman–Crippen LogP) is 4.87. The van der Waals surface area contributed by atoms with Gasteiger partial charge in [0.25, 0.3) is 5.91 Å². The molecule has 0 fully saturated rings. The molecule has 0 saturated carbocycles. The Hall–Kier alpha value is -2.65. The third kappa shape index (κ3) is 2.51. The fourth-order valence-electron chi connectivity index (χ4n) is 4.16. The summed E-state index contributed by atoms with van der Waals surface area (Å²) in [4.78, 5) is 15.1. The molecule has 0 saturated heterocycles. The van der Waals surface area contributed by atoms with Gasteiger partial charge in [-0.3, -0.25) is 4.79 Å². The monoisotopic (exact) mass is 345 g/mol. The van der Waals surface area contributed by atoms with Crippen molar-refractivity contribution in [3.8, 4) is 0 Å². The molecule has 0 aliphatic carbocycles. The standard InChI is InChI=1S/C23H23NO2/c1-3-21(25)22-19-12-6-7-13-20(19)23(26)24(22)15(2)17-14-8-10-16-9-4-5-11-18(16)17/h4-15,21-22,25H,3H2,1-2H3/t15?,21-,22-/m1/s1. The average Bonchev–Trinajstić information content (AvgIpc) is 2.99. The zero-order valence-corrected chi connectivity index (χ0v) is 15.1. The molecule has 3 atom stereocenters. The quantitative estimate of drug-likeness (QED) is 0.733. The maximum Gasteiger partial charge on any atom is 0.255 e. The summed E-state index contributed by atoms with van der Waals surface area (Å²) in [6.07, 6.45) is 0.0189. The van der Waals surface area contributed by atoms with Crippen molar-refractivity contribution in [3.63, 3.8) is 0 Å². The fourth-order valence-corrected chi connectivity index (χ4v) is 4.16. The first-order valence-corrected chi connectivity index (χ1v) is 9.20. The van der Waals surface area contributed by atoms with Gasteiger partial charge in [-0.15, -0.1) is 0 Å². The van der Waals surface area contributed by atoms with Crippen LogP contribution < -0.4 is 0 Å². The Morgan fingerprint density at radius 3 is 2.50 bits per heavy atom. The molecule has 0 spiro atoms. The van der Waals surface area contributed by atoms with E-state index in [4.69, 9.17) is 0 Å². The van der Waals surface area contributed by atoms with Crippen LogP contribution in [0.2, 0.25) is 0 Å². The van der Waals surface area contributed by atoms with Gasteiger partial charge in [0, 0.05) is 5.56 Å². The summed E-state index contributed by atoms with van der Waals surface area (Å²) in [5.74, 6) is -0.00136. The smallest absolute Gasteiger partial charge is 0.255 e. The lowest BCUT2D eigenvalue weighted by atomic mass is 9.95. The minimum atomic E-state index is -0.583. The van der Waals surface area contributed by atoms with Gasteiger partial charge in [0.15, 0.2) is 0 Å². The number of carbonyl (C=O) groups is 1. The first kappa shape index (κ1) is 16.8. The van der Waals surface area contributed by atoms with Crippen LogP contribution in [-0.2, 0) is 0 Å². The minimum Gasteiger partial charge on any atom is -0.391 e. The Kier molecular flexibility index (Phi) is 4.25. The number of aliphatic hydroxyl groups is 1. The topological polar surface area (TPSA) is 40.5 Å². The van der Waals surface area contributed by atoms with Crippen LogP contribution in [0, 0.1) is 0 Å². The molecular weight excluding hydrogens is 322 g/mol. The fraction of sp³-hybridized carbons (Fsp3) is 0.261. The molecule has 1 unspecified atom stereocenters. The molecule has 3 aromatic rings. The van der Waals surface area contributed by atoms with Gasteiger partial charge in [0.05, 0.1) is 18.2 Å². The summed E-state index contributed by atoms with van der Waals surface area (Å²) in [6.45, 7) is 4.01. The molecule has 0 bridgehead atoms. The SMILES string of the molecule is CC[C@@H](O)[C@H]1c2ccccc2C(=O)N1C(C)c1cccc2ccccc12. The first-order chi connectivity index (χ1) is 12.6. The minimum absolute atomic E-state index is 0.00136. The van der Waals surface area contributed by atoms with Crippen LogP contribution >= 0.6 is 0 Å². The second-order valence-electron chi connectivity index (χ2n) is 6.96. The number of rotatable bonds is 4. The van der Waals surface area contributed by atoms with Crippen LogP contribution in [0.25, 0.3) is 10.8 Å². The highest BCUT2D eigenvalue weighted by Crippen LogP contribution is 2.43. The molecule has 0 radical (unpaired) electrons. The van der Waals surface area contributed by atoms with Crippen LogP contribution in [0.4, 0.5) is 0 Å². The molecule has 3 aromatic carbocycles. The molecule has 3 heteroatoms. The number of hydrogen-bond acceptors (Lipinski definition) is 2. The molecule has 4 rings (SSSR count). The van der Waals surface area contributed by atoms with Gasteiger partial charge in [-0.1, -0.05) is 67.6 Å². The number of aliphatic hydroxyl groups excluding tert-OH is 1. The Morgan fingerprint density at radius 1 is 1.00 bits per heavy atom. The average molecular weight is 345 g/mol. The van der Waals surface area contributed by atoms with Crippen molar-refractivity contribution in [3.05, 3.63) is 83.4 Å². The number of amides is 1. The highest BCUT2D eigenvalue weighted by molar-refractivity contribution is 6.00. The van der Waals surface area contributed by atoms with E-state index in [-0.39, 0.29) is 18.0 Å². The summed E-state index contributed by atoms with van der Waals surface area (Å²) >= 11 is 0. The molecule has 1 heterocycles. The van der Waals surface area contributed by atoms with E-state index in [1.54, 1.807) is 0 Å². The second kappa shape index (κ2) is 6.58. The van der Waals surface area contributed by atoms with E-state index in [0.29, 0.717) is 12.0 Å². The number of benzene rings is 3. The maximum atomic E-state index is 13.2. The van der Waals surface area contributed by atoms with E-state index in [1.165, 1.54) is 0 Å². The van der Waals surface area contributed by atoms with Crippen molar-refractivity contribution in [2.75, 3.05) is 0 Å². The van der Waals surface area contributed by atoms with Gasteiger partial charge in [-0.2, -0.15) is 0 Å². The van der Waals surface area contributed by atoms with E-state index < -0.39 is 6.10 Å². The molecule has 3 nitrogen and oxygen atoms in total. The molecule has 26 heavy (non-hydrogen) atoms. The van der Waals surface area contributed by atoms with Gasteiger partial charge in [-0.05, 0) is 41.3 Å². The van der Waals surface area contributed by atoms with Crippen molar-refractivity contribution in [2.45, 2.75) is 38.5 Å². The van der Waals surface area contributed by atoms with E-state index in [0.717, 1.165) is 21.9 Å². The first-order valence-electron chi connectivity index (χ1n) is 9.20. The van der Waals surface area contributed by atoms with E-state index in [1.807, 2.05) is 54.3 Å². The van der Waals surface area contributed by atoms with Crippen molar-refractivity contribution in [1.82, 2.24) is 4.90 Å². The number of hydrogen-bond donors (Lipinski definition) is 1. The third-order valence-electron chi connectivity index (χ3n) is 5.52. The Bertz CT molecular complexity index is 960. The summed E-state index contributed by atoms with van der Waals surface area (Å²) in [5.41, 5.74) is 2.74. The van der Waals surface area contributed by atoms with Gasteiger partial charge in [-0.25, -0.2) is 0 Å². The van der Waals surface area contributed by atoms with Crippen molar-refractivity contribution >= 4 is 16.7 Å². The normalized spacial score (nSPS) is 18.8. The van der Waals surface area contributed by atoms with Crippen LogP contribution in [0.1, 0.15) is 53.8 Å². The number of fused-ring (bicyclic) bond motifs is 2. The highest BCUT2D eigenvalue weighted by atomic mass is 16.3. The Balaban J connectivity index is 1.84. The predicted molar refractivity (Wildman–Crippen MR) is 104 cm³/mol. The zero-order valence-electron chi connectivity index (χ0n) is 15.1. The largest absolute Gasteiger partial charge is 0.391 e. The molecule has 0 aromatic heterocycles. The molecule has 1 amide bonds. The van der Waals surface area contributed by atoms with Gasteiger partial charge < -0.3 is 10.0 Å². The zero-order chi connectivity index (χ0) is 18.3. The summed E-state index contributed by atoms with van der Waals surface area (Å²) in [5, 5.41) is 13.0. The van der Waals surface area contributed by atoms with Gasteiger partial charge in [0.1, 0.15) is 0 Å². The lowest BCUT2D eigenvalue weighted by molar-refractivity contribution is 0.0289. The summed E-state index contributed by atoms with van der Waals surface area (Å²) in [7, 11) is 0. The second-order valence-corrected chi connectivity index (χ2v) is 6.96. The van der Waals surface area contributed by atoms with Crippen molar-refractivity contribution < 1.29 is 9.90 Å². The van der Waals surface area contributed by atoms with Crippen LogP contribution in [0.5, 0.6) is 0 Å². The Labute approximate surface area is 153 Å². The highest BCUT2D eigenvalue weighted by Gasteiger charge is 2.42. The maximum absolute atomic E-state index is 13.2. The number of nitrogens with zero attached hydrogens (tertiary/aromatic N) is 1. The van der Waals surface area contributed by atoms with E-state index in [9.17, 15) is 9.90 Å².